The first-order valence-electron chi connectivity index (χ1n) is 6.99. The molecule has 8 heteroatoms. The monoisotopic (exact) mass is 336 g/mol. The Bertz CT molecular complexity index is 681. The van der Waals surface area contributed by atoms with Gasteiger partial charge in [-0.2, -0.15) is 0 Å². The number of nitrogens with one attached hydrogen (secondary N) is 3. The summed E-state index contributed by atoms with van der Waals surface area (Å²) in [6.45, 7) is 3.65. The van der Waals surface area contributed by atoms with Crippen molar-refractivity contribution in [2.24, 2.45) is 0 Å². The number of hydrogen-bond donors (Lipinski definition) is 3. The van der Waals surface area contributed by atoms with Crippen LogP contribution >= 0.6 is 12.2 Å². The largest absolute Gasteiger partial charge is 0.361 e. The van der Waals surface area contributed by atoms with Gasteiger partial charge in [0.05, 0.1) is 5.69 Å². The number of carbonyl (C=O) groups excluding carboxylic acids is 1. The molecule has 1 amide bonds. The van der Waals surface area contributed by atoms with Crippen LogP contribution in [0.3, 0.4) is 0 Å². The molecule has 0 aliphatic heterocycles. The van der Waals surface area contributed by atoms with E-state index in [1.165, 1.54) is 12.1 Å². The Morgan fingerprint density at radius 2 is 1.96 bits per heavy atom. The van der Waals surface area contributed by atoms with Crippen LogP contribution in [-0.2, 0) is 11.2 Å². The zero-order chi connectivity index (χ0) is 16.8. The maximum absolute atomic E-state index is 12.8. The molecule has 1 aromatic carbocycles. The van der Waals surface area contributed by atoms with Crippen molar-refractivity contribution in [1.29, 1.82) is 0 Å². The number of amides is 1. The highest BCUT2D eigenvalue weighted by Crippen LogP contribution is 2.14. The number of thiocarbonyl (C=S) groups is 1. The minimum absolute atomic E-state index is 0.210. The van der Waals surface area contributed by atoms with Gasteiger partial charge in [0.15, 0.2) is 5.11 Å². The van der Waals surface area contributed by atoms with Crippen molar-refractivity contribution < 1.29 is 13.7 Å². The quantitative estimate of drug-likeness (QED) is 0.588. The van der Waals surface area contributed by atoms with E-state index in [-0.39, 0.29) is 23.3 Å². The van der Waals surface area contributed by atoms with E-state index in [0.29, 0.717) is 12.1 Å². The van der Waals surface area contributed by atoms with Crippen LogP contribution in [0.1, 0.15) is 23.4 Å². The fourth-order valence-corrected chi connectivity index (χ4v) is 2.15. The van der Waals surface area contributed by atoms with E-state index in [2.05, 4.69) is 21.3 Å². The molecular formula is C15H17FN4O2S. The summed E-state index contributed by atoms with van der Waals surface area (Å²) in [5.41, 5.74) is 7.44. The first-order valence-corrected chi connectivity index (χ1v) is 7.39. The van der Waals surface area contributed by atoms with Crippen LogP contribution in [0.4, 0.5) is 10.1 Å². The molecule has 0 spiro atoms. The zero-order valence-electron chi connectivity index (χ0n) is 12.8. The van der Waals surface area contributed by atoms with Gasteiger partial charge in [-0.15, -0.1) is 0 Å². The van der Waals surface area contributed by atoms with Crippen LogP contribution in [0.5, 0.6) is 0 Å². The second kappa shape index (κ2) is 7.68. The van der Waals surface area contributed by atoms with E-state index < -0.39 is 0 Å². The van der Waals surface area contributed by atoms with E-state index in [0.717, 1.165) is 17.0 Å². The summed E-state index contributed by atoms with van der Waals surface area (Å²) >= 11 is 5.04. The van der Waals surface area contributed by atoms with E-state index in [4.69, 9.17) is 16.7 Å². The molecule has 3 N–H and O–H groups in total. The fourth-order valence-electron chi connectivity index (χ4n) is 1.98. The molecule has 0 aliphatic rings. The number of hydrogen-bond acceptors (Lipinski definition) is 4. The number of halogens is 1. The predicted molar refractivity (Wildman–Crippen MR) is 88.2 cm³/mol. The highest BCUT2D eigenvalue weighted by atomic mass is 32.1. The Hall–Kier alpha value is -2.48. The number of anilines is 1. The molecule has 0 unspecified atom stereocenters. The van der Waals surface area contributed by atoms with Crippen molar-refractivity contribution in [2.75, 3.05) is 5.32 Å². The lowest BCUT2D eigenvalue weighted by Crippen LogP contribution is -2.43. The molecule has 2 aromatic rings. The molecule has 6 nitrogen and oxygen atoms in total. The van der Waals surface area contributed by atoms with Crippen LogP contribution in [-0.4, -0.2) is 16.2 Å². The summed E-state index contributed by atoms with van der Waals surface area (Å²) in [6.07, 6.45) is 0.807. The van der Waals surface area contributed by atoms with Crippen molar-refractivity contribution >= 4 is 28.9 Å². The average molecular weight is 336 g/mol. The lowest BCUT2D eigenvalue weighted by atomic mass is 10.1. The van der Waals surface area contributed by atoms with Crippen LogP contribution in [0.25, 0.3) is 0 Å². The van der Waals surface area contributed by atoms with Crippen LogP contribution < -0.4 is 16.2 Å². The molecule has 122 valence electrons. The topological polar surface area (TPSA) is 79.2 Å². The number of carbonyl (C=O) groups is 1. The Kier molecular flexibility index (Phi) is 5.64. The number of aromatic nitrogens is 1. The summed E-state index contributed by atoms with van der Waals surface area (Å²) in [5, 5.41) is 6.88. The lowest BCUT2D eigenvalue weighted by molar-refractivity contribution is -0.121. The van der Waals surface area contributed by atoms with Gasteiger partial charge in [0.2, 0.25) is 5.91 Å². The second-order valence-electron chi connectivity index (χ2n) is 4.94. The van der Waals surface area contributed by atoms with Crippen molar-refractivity contribution in [1.82, 2.24) is 16.0 Å². The third-order valence-corrected chi connectivity index (χ3v) is 3.40. The Morgan fingerprint density at radius 1 is 1.26 bits per heavy atom. The van der Waals surface area contributed by atoms with E-state index >= 15 is 0 Å². The van der Waals surface area contributed by atoms with Crippen molar-refractivity contribution in [3.8, 4) is 0 Å². The molecule has 1 heterocycles. The second-order valence-corrected chi connectivity index (χ2v) is 5.35. The maximum Gasteiger partial charge on any atom is 0.238 e. The first-order chi connectivity index (χ1) is 11.0. The third kappa shape index (κ3) is 5.03. The molecule has 0 radical (unpaired) electrons. The Morgan fingerprint density at radius 3 is 2.57 bits per heavy atom. The number of hydrazine groups is 1. The van der Waals surface area contributed by atoms with Gasteiger partial charge in [-0.05, 0) is 56.8 Å². The van der Waals surface area contributed by atoms with Crippen LogP contribution in [0.15, 0.2) is 28.8 Å². The summed E-state index contributed by atoms with van der Waals surface area (Å²) < 4.78 is 17.8. The van der Waals surface area contributed by atoms with Gasteiger partial charge in [-0.1, -0.05) is 5.16 Å². The van der Waals surface area contributed by atoms with Crippen molar-refractivity contribution in [3.05, 3.63) is 47.1 Å². The fraction of sp³-hybridized carbons (Fsp3) is 0.267. The molecule has 0 saturated heterocycles. The normalized spacial score (nSPS) is 10.2. The highest BCUT2D eigenvalue weighted by Gasteiger charge is 2.11. The standard InChI is InChI=1S/C15H17FN4O2S/c1-9-13(10(2)22-20-9)7-8-14(21)18-19-15(23)17-12-5-3-11(16)4-6-12/h3-6H,7-8H2,1-2H3,(H,18,21)(H2,17,19,23). The molecule has 23 heavy (non-hydrogen) atoms. The zero-order valence-corrected chi connectivity index (χ0v) is 13.6. The Balaban J connectivity index is 1.73. The van der Waals surface area contributed by atoms with Gasteiger partial charge < -0.3 is 9.84 Å². The van der Waals surface area contributed by atoms with Gasteiger partial charge in [0.1, 0.15) is 11.6 Å². The maximum atomic E-state index is 12.8. The van der Waals surface area contributed by atoms with Gasteiger partial charge in [-0.25, -0.2) is 4.39 Å². The SMILES string of the molecule is Cc1noc(C)c1CCC(=O)NNC(=S)Nc1ccc(F)cc1. The van der Waals surface area contributed by atoms with Crippen LogP contribution in [0.2, 0.25) is 0 Å². The average Bonchev–Trinajstić information content (AvgIpc) is 2.84. The molecule has 2 rings (SSSR count). The molecule has 0 fully saturated rings. The van der Waals surface area contributed by atoms with Gasteiger partial charge in [0.25, 0.3) is 0 Å². The number of aryl methyl sites for hydroxylation is 2. The number of rotatable bonds is 4. The van der Waals surface area contributed by atoms with Gasteiger partial charge >= 0.3 is 0 Å². The van der Waals surface area contributed by atoms with E-state index in [9.17, 15) is 9.18 Å². The third-order valence-electron chi connectivity index (χ3n) is 3.20. The molecule has 0 atom stereocenters. The van der Waals surface area contributed by atoms with Crippen LogP contribution in [0, 0.1) is 19.7 Å². The minimum Gasteiger partial charge on any atom is -0.361 e. The molecule has 1 aromatic heterocycles. The Labute approximate surface area is 138 Å². The predicted octanol–water partition coefficient (Wildman–Crippen LogP) is 2.38. The van der Waals surface area contributed by atoms with Crippen molar-refractivity contribution in [3.63, 3.8) is 0 Å². The van der Waals surface area contributed by atoms with Gasteiger partial charge in [-0.3, -0.25) is 15.6 Å². The smallest absolute Gasteiger partial charge is 0.238 e. The molecule has 0 saturated carbocycles. The van der Waals surface area contributed by atoms with Crippen molar-refractivity contribution in [2.45, 2.75) is 26.7 Å². The number of benzene rings is 1. The highest BCUT2D eigenvalue weighted by molar-refractivity contribution is 7.80. The molecular weight excluding hydrogens is 319 g/mol. The van der Waals surface area contributed by atoms with E-state index in [1.54, 1.807) is 12.1 Å². The summed E-state index contributed by atoms with van der Waals surface area (Å²) in [4.78, 5) is 11.8. The van der Waals surface area contributed by atoms with Gasteiger partial charge in [0, 0.05) is 17.7 Å². The number of nitrogens with zero attached hydrogens (tertiary/aromatic N) is 1. The molecule has 0 aliphatic carbocycles. The molecule has 0 bridgehead atoms. The lowest BCUT2D eigenvalue weighted by Gasteiger charge is -2.11. The first kappa shape index (κ1) is 16.9. The summed E-state index contributed by atoms with van der Waals surface area (Å²) in [7, 11) is 0. The summed E-state index contributed by atoms with van der Waals surface area (Å²) in [5.74, 6) is 0.173. The van der Waals surface area contributed by atoms with E-state index in [1.807, 2.05) is 13.8 Å². The summed E-state index contributed by atoms with van der Waals surface area (Å²) in [6, 6.07) is 5.71. The minimum atomic E-state index is -0.331.